The SMILES string of the molecule is Cc1ccc(-c2cnn3c(NCC4CC(O)C4)cc(Pc4cccnc4)nc23)cc1C. The molecule has 1 aromatic carbocycles. The Labute approximate surface area is 183 Å². The van der Waals surface area contributed by atoms with Crippen molar-refractivity contribution in [1.82, 2.24) is 19.6 Å². The molecule has 1 aliphatic rings. The van der Waals surface area contributed by atoms with Gasteiger partial charge in [-0.2, -0.15) is 9.61 Å². The summed E-state index contributed by atoms with van der Waals surface area (Å²) in [5, 5.41) is 19.0. The summed E-state index contributed by atoms with van der Waals surface area (Å²) in [6.07, 6.45) is 7.17. The zero-order valence-electron chi connectivity index (χ0n) is 17.7. The van der Waals surface area contributed by atoms with E-state index in [4.69, 9.17) is 4.98 Å². The van der Waals surface area contributed by atoms with E-state index in [9.17, 15) is 5.11 Å². The second-order valence-electron chi connectivity index (χ2n) is 8.36. The number of fused-ring (bicyclic) bond motifs is 1. The fourth-order valence-corrected chi connectivity index (χ4v) is 4.95. The summed E-state index contributed by atoms with van der Waals surface area (Å²) in [7, 11) is 0.413. The normalized spacial score (nSPS) is 18.5. The van der Waals surface area contributed by atoms with Gasteiger partial charge in [-0.05, 0) is 69.2 Å². The summed E-state index contributed by atoms with van der Waals surface area (Å²) in [5.74, 6) is 1.44. The minimum Gasteiger partial charge on any atom is -0.393 e. The molecule has 3 heterocycles. The largest absolute Gasteiger partial charge is 0.393 e. The molecule has 1 fully saturated rings. The van der Waals surface area contributed by atoms with E-state index in [1.807, 2.05) is 23.0 Å². The van der Waals surface area contributed by atoms with Crippen molar-refractivity contribution in [3.8, 4) is 11.1 Å². The van der Waals surface area contributed by atoms with Crippen LogP contribution in [0.4, 0.5) is 5.82 Å². The molecule has 0 aliphatic heterocycles. The Morgan fingerprint density at radius 1 is 1.13 bits per heavy atom. The van der Waals surface area contributed by atoms with Crippen LogP contribution in [-0.4, -0.2) is 37.3 Å². The Hall–Kier alpha value is -2.82. The van der Waals surface area contributed by atoms with Crippen LogP contribution in [0.15, 0.2) is 55.0 Å². The maximum atomic E-state index is 9.61. The highest BCUT2D eigenvalue weighted by Crippen LogP contribution is 2.29. The molecule has 5 rings (SSSR count). The maximum absolute atomic E-state index is 9.61. The third kappa shape index (κ3) is 4.18. The summed E-state index contributed by atoms with van der Waals surface area (Å²) in [6, 6.07) is 12.6. The number of nitrogens with zero attached hydrogens (tertiary/aromatic N) is 4. The second-order valence-corrected chi connectivity index (χ2v) is 9.70. The number of nitrogens with one attached hydrogen (secondary N) is 1. The van der Waals surface area contributed by atoms with Crippen molar-refractivity contribution in [2.75, 3.05) is 11.9 Å². The molecule has 0 radical (unpaired) electrons. The Kier molecular flexibility index (Phi) is 5.43. The molecule has 1 unspecified atom stereocenters. The van der Waals surface area contributed by atoms with Gasteiger partial charge in [0.25, 0.3) is 0 Å². The number of aromatic nitrogens is 4. The van der Waals surface area contributed by atoms with Gasteiger partial charge in [-0.1, -0.05) is 24.3 Å². The van der Waals surface area contributed by atoms with Crippen LogP contribution in [0.3, 0.4) is 0 Å². The Morgan fingerprint density at radius 3 is 2.74 bits per heavy atom. The third-order valence-corrected chi connectivity index (χ3v) is 7.10. The monoisotopic (exact) mass is 431 g/mol. The lowest BCUT2D eigenvalue weighted by Crippen LogP contribution is -2.33. The molecule has 1 aliphatic carbocycles. The van der Waals surface area contributed by atoms with Gasteiger partial charge in [0.15, 0.2) is 5.65 Å². The molecule has 31 heavy (non-hydrogen) atoms. The number of aryl methyl sites for hydroxylation is 2. The molecule has 0 spiro atoms. The van der Waals surface area contributed by atoms with E-state index < -0.39 is 0 Å². The van der Waals surface area contributed by atoms with Crippen molar-refractivity contribution in [2.45, 2.75) is 32.8 Å². The highest BCUT2D eigenvalue weighted by molar-refractivity contribution is 7.55. The van der Waals surface area contributed by atoms with E-state index in [0.717, 1.165) is 52.7 Å². The highest BCUT2D eigenvalue weighted by Gasteiger charge is 2.27. The zero-order chi connectivity index (χ0) is 21.4. The van der Waals surface area contributed by atoms with E-state index in [1.165, 1.54) is 11.1 Å². The van der Waals surface area contributed by atoms with E-state index in [1.54, 1.807) is 6.20 Å². The minimum absolute atomic E-state index is 0.145. The van der Waals surface area contributed by atoms with Gasteiger partial charge >= 0.3 is 0 Å². The lowest BCUT2D eigenvalue weighted by Gasteiger charge is -2.31. The summed E-state index contributed by atoms with van der Waals surface area (Å²) >= 11 is 0. The predicted molar refractivity (Wildman–Crippen MR) is 127 cm³/mol. The van der Waals surface area contributed by atoms with Crippen molar-refractivity contribution in [3.05, 3.63) is 66.1 Å². The maximum Gasteiger partial charge on any atom is 0.165 e. The first-order chi connectivity index (χ1) is 15.1. The molecule has 2 N–H and O–H groups in total. The minimum atomic E-state index is -0.145. The molecular formula is C24H26N5OP. The first-order valence-corrected chi connectivity index (χ1v) is 11.6. The smallest absolute Gasteiger partial charge is 0.165 e. The number of rotatable bonds is 6. The van der Waals surface area contributed by atoms with Crippen molar-refractivity contribution in [1.29, 1.82) is 0 Å². The van der Waals surface area contributed by atoms with Crippen molar-refractivity contribution >= 4 is 30.8 Å². The zero-order valence-corrected chi connectivity index (χ0v) is 18.7. The molecule has 1 saturated carbocycles. The fourth-order valence-electron chi connectivity index (χ4n) is 3.97. The number of benzene rings is 1. The van der Waals surface area contributed by atoms with Gasteiger partial charge in [0.2, 0.25) is 0 Å². The van der Waals surface area contributed by atoms with Crippen LogP contribution in [0.5, 0.6) is 0 Å². The molecule has 0 bridgehead atoms. The van der Waals surface area contributed by atoms with Crippen LogP contribution in [0.2, 0.25) is 0 Å². The van der Waals surface area contributed by atoms with E-state index in [-0.39, 0.29) is 6.10 Å². The average molecular weight is 431 g/mol. The van der Waals surface area contributed by atoms with Crippen molar-refractivity contribution in [2.24, 2.45) is 5.92 Å². The number of hydrogen-bond donors (Lipinski definition) is 2. The summed E-state index contributed by atoms with van der Waals surface area (Å²) in [5.41, 5.74) is 6.54. The average Bonchev–Trinajstić information content (AvgIpc) is 3.17. The van der Waals surface area contributed by atoms with Gasteiger partial charge in [0.1, 0.15) is 5.82 Å². The van der Waals surface area contributed by atoms with Crippen LogP contribution in [-0.2, 0) is 0 Å². The van der Waals surface area contributed by atoms with Gasteiger partial charge in [0, 0.05) is 30.6 Å². The summed E-state index contributed by atoms with van der Waals surface area (Å²) in [4.78, 5) is 9.24. The molecule has 0 saturated heterocycles. The second kappa shape index (κ2) is 8.37. The van der Waals surface area contributed by atoms with Crippen molar-refractivity contribution in [3.63, 3.8) is 0 Å². The predicted octanol–water partition coefficient (Wildman–Crippen LogP) is 3.22. The van der Waals surface area contributed by atoms with Crippen LogP contribution >= 0.6 is 8.58 Å². The standard InChI is InChI=1S/C24H26N5OP/c1-15-5-6-18(8-16(15)2)21-14-27-29-22(26-12-17-9-19(30)10-17)11-23(28-24(21)29)31-20-4-3-7-25-13-20/h3-8,11,13-14,17,19,26,30-31H,9-10,12H2,1-2H3. The van der Waals surface area contributed by atoms with E-state index in [2.05, 4.69) is 59.6 Å². The number of anilines is 1. The Balaban J connectivity index is 1.55. The first kappa shape index (κ1) is 20.1. The number of aliphatic hydroxyl groups excluding tert-OH is 1. The molecule has 0 amide bonds. The molecule has 3 aromatic heterocycles. The molecule has 7 heteroatoms. The topological polar surface area (TPSA) is 75.3 Å². The van der Waals surface area contributed by atoms with Gasteiger partial charge in [-0.25, -0.2) is 4.98 Å². The van der Waals surface area contributed by atoms with Gasteiger partial charge in [0.05, 0.1) is 17.7 Å². The first-order valence-electron chi connectivity index (χ1n) is 10.6. The summed E-state index contributed by atoms with van der Waals surface area (Å²) in [6.45, 7) is 5.08. The van der Waals surface area contributed by atoms with Crippen molar-refractivity contribution < 1.29 is 5.11 Å². The highest BCUT2D eigenvalue weighted by atomic mass is 31.1. The van der Waals surface area contributed by atoms with Crippen LogP contribution in [0, 0.1) is 19.8 Å². The molecule has 1 atom stereocenters. The van der Waals surface area contributed by atoms with Crippen LogP contribution in [0.1, 0.15) is 24.0 Å². The summed E-state index contributed by atoms with van der Waals surface area (Å²) < 4.78 is 1.90. The van der Waals surface area contributed by atoms with Crippen LogP contribution < -0.4 is 16.1 Å². The van der Waals surface area contributed by atoms with Gasteiger partial charge in [-0.15, -0.1) is 0 Å². The van der Waals surface area contributed by atoms with Gasteiger partial charge in [-0.3, -0.25) is 4.98 Å². The number of aliphatic hydroxyl groups is 1. The molecule has 158 valence electrons. The molecular weight excluding hydrogens is 405 g/mol. The van der Waals surface area contributed by atoms with E-state index >= 15 is 0 Å². The van der Waals surface area contributed by atoms with Gasteiger partial charge < -0.3 is 10.4 Å². The quantitative estimate of drug-likeness (QED) is 0.459. The fraction of sp³-hybridized carbons (Fsp3) is 0.292. The number of pyridine rings is 1. The van der Waals surface area contributed by atoms with Crippen LogP contribution in [0.25, 0.3) is 16.8 Å². The lowest BCUT2D eigenvalue weighted by molar-refractivity contribution is 0.0486. The Morgan fingerprint density at radius 2 is 2.00 bits per heavy atom. The number of hydrogen-bond acceptors (Lipinski definition) is 5. The Bertz CT molecular complexity index is 1220. The third-order valence-electron chi connectivity index (χ3n) is 6.01. The van der Waals surface area contributed by atoms with E-state index in [0.29, 0.717) is 14.5 Å². The molecule has 6 nitrogen and oxygen atoms in total. The molecule has 4 aromatic rings. The lowest BCUT2D eigenvalue weighted by atomic mass is 9.82.